The molecule has 0 bridgehead atoms. The van der Waals surface area contributed by atoms with Crippen LogP contribution in [-0.2, 0) is 0 Å². The molecular formula is C19H19F2N3O4. The van der Waals surface area contributed by atoms with Crippen LogP contribution in [0.15, 0.2) is 42.5 Å². The third-order valence-corrected chi connectivity index (χ3v) is 4.35. The summed E-state index contributed by atoms with van der Waals surface area (Å²) >= 11 is 0. The highest BCUT2D eigenvalue weighted by Crippen LogP contribution is 2.30. The van der Waals surface area contributed by atoms with Gasteiger partial charge in [0.25, 0.3) is 11.6 Å². The van der Waals surface area contributed by atoms with Crippen molar-refractivity contribution >= 4 is 17.3 Å². The number of anilines is 1. The van der Waals surface area contributed by atoms with Crippen LogP contribution in [0, 0.1) is 10.1 Å². The zero-order valence-corrected chi connectivity index (χ0v) is 15.0. The van der Waals surface area contributed by atoms with Crippen LogP contribution in [0.3, 0.4) is 0 Å². The largest absolute Gasteiger partial charge is 0.435 e. The van der Waals surface area contributed by atoms with Gasteiger partial charge in [0.2, 0.25) is 0 Å². The summed E-state index contributed by atoms with van der Waals surface area (Å²) in [4.78, 5) is 23.0. The van der Waals surface area contributed by atoms with E-state index in [1.807, 2.05) is 0 Å². The Kier molecular flexibility index (Phi) is 5.72. The van der Waals surface area contributed by atoms with Crippen LogP contribution in [0.2, 0.25) is 0 Å². The van der Waals surface area contributed by atoms with Crippen molar-refractivity contribution in [3.8, 4) is 5.75 Å². The lowest BCUT2D eigenvalue weighted by Crippen LogP contribution is -2.25. The Balaban J connectivity index is 1.74. The van der Waals surface area contributed by atoms with Crippen molar-refractivity contribution in [2.75, 3.05) is 5.32 Å². The molecule has 1 amide bonds. The molecule has 1 saturated carbocycles. The number of hydrogen-bond donors (Lipinski definition) is 2. The van der Waals surface area contributed by atoms with E-state index < -0.39 is 11.5 Å². The summed E-state index contributed by atoms with van der Waals surface area (Å²) in [5, 5.41) is 17.3. The number of rotatable bonds is 8. The average molecular weight is 391 g/mol. The van der Waals surface area contributed by atoms with E-state index in [1.165, 1.54) is 30.3 Å². The number of ether oxygens (including phenoxy) is 1. The first kappa shape index (κ1) is 19.5. The lowest BCUT2D eigenvalue weighted by atomic mass is 10.1. The normalized spacial score (nSPS) is 14.4. The summed E-state index contributed by atoms with van der Waals surface area (Å²) in [5.74, 6) is -0.303. The zero-order valence-electron chi connectivity index (χ0n) is 15.0. The van der Waals surface area contributed by atoms with Gasteiger partial charge in [0.05, 0.1) is 4.92 Å². The molecule has 1 atom stereocenters. The van der Waals surface area contributed by atoms with Gasteiger partial charge in [-0.1, -0.05) is 12.1 Å². The van der Waals surface area contributed by atoms with Gasteiger partial charge in [-0.25, -0.2) is 0 Å². The SMILES string of the molecule is CC(Nc1ccc(C(=O)NC2CC2)cc1[N+](=O)[O-])c1ccc(OC(F)F)cc1. The van der Waals surface area contributed by atoms with Gasteiger partial charge in [-0.2, -0.15) is 8.78 Å². The van der Waals surface area contributed by atoms with Crippen LogP contribution in [0.25, 0.3) is 0 Å². The number of carbonyl (C=O) groups is 1. The lowest BCUT2D eigenvalue weighted by molar-refractivity contribution is -0.384. The Hall–Kier alpha value is -3.23. The maximum absolute atomic E-state index is 12.2. The number of nitro groups is 1. The van der Waals surface area contributed by atoms with Crippen LogP contribution in [0.4, 0.5) is 20.2 Å². The molecule has 2 aromatic rings. The molecule has 7 nitrogen and oxygen atoms in total. The molecule has 2 aromatic carbocycles. The molecule has 0 spiro atoms. The van der Waals surface area contributed by atoms with Gasteiger partial charge in [-0.3, -0.25) is 14.9 Å². The Morgan fingerprint density at radius 1 is 1.21 bits per heavy atom. The first-order valence-corrected chi connectivity index (χ1v) is 8.74. The molecule has 1 aliphatic carbocycles. The smallest absolute Gasteiger partial charge is 0.387 e. The quantitative estimate of drug-likeness (QED) is 0.518. The minimum Gasteiger partial charge on any atom is -0.435 e. The second-order valence-electron chi connectivity index (χ2n) is 6.55. The number of halogens is 2. The predicted molar refractivity (Wildman–Crippen MR) is 98.7 cm³/mol. The van der Waals surface area contributed by atoms with Gasteiger partial charge in [-0.05, 0) is 49.6 Å². The minimum absolute atomic E-state index is 0.0305. The molecule has 0 radical (unpaired) electrons. The Bertz CT molecular complexity index is 870. The molecule has 0 heterocycles. The van der Waals surface area contributed by atoms with E-state index in [4.69, 9.17) is 0 Å². The highest BCUT2D eigenvalue weighted by Gasteiger charge is 2.25. The number of carbonyl (C=O) groups excluding carboxylic acids is 1. The Morgan fingerprint density at radius 3 is 2.46 bits per heavy atom. The number of alkyl halides is 2. The first-order valence-electron chi connectivity index (χ1n) is 8.74. The summed E-state index contributed by atoms with van der Waals surface area (Å²) in [6, 6.07) is 10.1. The van der Waals surface area contributed by atoms with Crippen LogP contribution in [0.1, 0.15) is 41.7 Å². The van der Waals surface area contributed by atoms with Gasteiger partial charge in [0.1, 0.15) is 11.4 Å². The van der Waals surface area contributed by atoms with E-state index in [0.717, 1.165) is 18.4 Å². The number of hydrogen-bond acceptors (Lipinski definition) is 5. The molecule has 0 saturated heterocycles. The molecule has 28 heavy (non-hydrogen) atoms. The molecule has 0 aliphatic heterocycles. The third kappa shape index (κ3) is 4.93. The summed E-state index contributed by atoms with van der Waals surface area (Å²) in [7, 11) is 0. The monoisotopic (exact) mass is 391 g/mol. The van der Waals surface area contributed by atoms with Crippen molar-refractivity contribution in [1.29, 1.82) is 0 Å². The minimum atomic E-state index is -2.90. The summed E-state index contributed by atoms with van der Waals surface area (Å²) in [6.07, 6.45) is 1.85. The number of nitro benzene ring substituents is 1. The van der Waals surface area contributed by atoms with Crippen molar-refractivity contribution in [1.82, 2.24) is 5.32 Å². The fourth-order valence-corrected chi connectivity index (χ4v) is 2.70. The highest BCUT2D eigenvalue weighted by molar-refractivity contribution is 5.96. The van der Waals surface area contributed by atoms with E-state index in [2.05, 4.69) is 15.4 Å². The molecule has 3 rings (SSSR count). The van der Waals surface area contributed by atoms with Crippen molar-refractivity contribution < 1.29 is 23.2 Å². The van der Waals surface area contributed by atoms with E-state index in [-0.39, 0.29) is 40.7 Å². The van der Waals surface area contributed by atoms with Crippen LogP contribution in [0.5, 0.6) is 5.75 Å². The second-order valence-corrected chi connectivity index (χ2v) is 6.55. The maximum Gasteiger partial charge on any atom is 0.387 e. The predicted octanol–water partition coefficient (Wildman–Crippen LogP) is 4.26. The van der Waals surface area contributed by atoms with Gasteiger partial charge >= 0.3 is 6.61 Å². The fourth-order valence-electron chi connectivity index (χ4n) is 2.70. The van der Waals surface area contributed by atoms with Crippen LogP contribution >= 0.6 is 0 Å². The molecule has 148 valence electrons. The fraction of sp³-hybridized carbons (Fsp3) is 0.316. The van der Waals surface area contributed by atoms with Crippen LogP contribution < -0.4 is 15.4 Å². The summed E-state index contributed by atoms with van der Waals surface area (Å²) in [5.41, 5.74) is 0.998. The van der Waals surface area contributed by atoms with Gasteiger partial charge in [0, 0.05) is 23.7 Å². The number of amides is 1. The molecule has 0 aromatic heterocycles. The number of nitrogens with one attached hydrogen (secondary N) is 2. The second kappa shape index (κ2) is 8.20. The number of benzene rings is 2. The standard InChI is InChI=1S/C19H19F2N3O4/c1-11(12-2-7-15(8-3-12)28-19(20)21)22-16-9-4-13(10-17(16)24(26)27)18(25)23-14-5-6-14/h2-4,7-11,14,19,22H,5-6H2,1H3,(H,23,25). The van der Waals surface area contributed by atoms with Crippen molar-refractivity contribution in [2.24, 2.45) is 0 Å². The molecule has 9 heteroatoms. The molecule has 2 N–H and O–H groups in total. The third-order valence-electron chi connectivity index (χ3n) is 4.35. The Morgan fingerprint density at radius 2 is 1.89 bits per heavy atom. The van der Waals surface area contributed by atoms with Gasteiger partial charge in [0.15, 0.2) is 0 Å². The molecule has 1 aliphatic rings. The summed E-state index contributed by atoms with van der Waals surface area (Å²) < 4.78 is 28.8. The van der Waals surface area contributed by atoms with Gasteiger partial charge in [-0.15, -0.1) is 0 Å². The topological polar surface area (TPSA) is 93.5 Å². The van der Waals surface area contributed by atoms with E-state index in [0.29, 0.717) is 0 Å². The highest BCUT2D eigenvalue weighted by atomic mass is 19.3. The van der Waals surface area contributed by atoms with E-state index in [1.54, 1.807) is 19.1 Å². The van der Waals surface area contributed by atoms with E-state index >= 15 is 0 Å². The van der Waals surface area contributed by atoms with E-state index in [9.17, 15) is 23.7 Å². The molecular weight excluding hydrogens is 372 g/mol. The van der Waals surface area contributed by atoms with Crippen molar-refractivity contribution in [3.63, 3.8) is 0 Å². The van der Waals surface area contributed by atoms with Crippen molar-refractivity contribution in [3.05, 3.63) is 63.7 Å². The maximum atomic E-state index is 12.2. The first-order chi connectivity index (χ1) is 13.3. The molecule has 1 fully saturated rings. The lowest BCUT2D eigenvalue weighted by Gasteiger charge is -2.17. The number of nitrogens with zero attached hydrogens (tertiary/aromatic N) is 1. The van der Waals surface area contributed by atoms with Crippen molar-refractivity contribution in [2.45, 2.75) is 38.5 Å². The van der Waals surface area contributed by atoms with Gasteiger partial charge < -0.3 is 15.4 Å². The average Bonchev–Trinajstić information content (AvgIpc) is 3.45. The molecule has 1 unspecified atom stereocenters. The summed E-state index contributed by atoms with van der Waals surface area (Å²) in [6.45, 7) is -1.12. The zero-order chi connectivity index (χ0) is 20.3. The van der Waals surface area contributed by atoms with Crippen LogP contribution in [-0.4, -0.2) is 23.5 Å². The Labute approximate surface area is 159 Å².